The molecule has 0 aliphatic heterocycles. The van der Waals surface area contributed by atoms with E-state index < -0.39 is 0 Å². The number of rotatable bonds is 3. The van der Waals surface area contributed by atoms with Crippen molar-refractivity contribution >= 4 is 17.2 Å². The van der Waals surface area contributed by atoms with Crippen molar-refractivity contribution in [3.63, 3.8) is 0 Å². The molecule has 80 valence electrons. The molecule has 0 unspecified atom stereocenters. The predicted octanol–water partition coefficient (Wildman–Crippen LogP) is 5.03. The standard InChI is InChI=1S/C14H17Cl/c1-3-4-10(2)13-8-7-12(9-14(13)15)11-5-6-11/h4,7-9,11H,3,5-6H2,1-2H3/b10-4-. The lowest BCUT2D eigenvalue weighted by molar-refractivity contribution is 1.13. The van der Waals surface area contributed by atoms with E-state index in [1.165, 1.54) is 29.5 Å². The van der Waals surface area contributed by atoms with Crippen LogP contribution in [0.2, 0.25) is 5.02 Å². The Labute approximate surface area is 97.0 Å². The van der Waals surface area contributed by atoms with Crippen LogP contribution in [0.5, 0.6) is 0 Å². The Bertz CT molecular complexity index is 386. The maximum atomic E-state index is 6.29. The summed E-state index contributed by atoms with van der Waals surface area (Å²) in [6.45, 7) is 4.28. The largest absolute Gasteiger partial charge is 0.0837 e. The number of hydrogen-bond donors (Lipinski definition) is 0. The summed E-state index contributed by atoms with van der Waals surface area (Å²) >= 11 is 6.29. The van der Waals surface area contributed by atoms with Crippen LogP contribution in [0.1, 0.15) is 50.2 Å². The van der Waals surface area contributed by atoms with Gasteiger partial charge >= 0.3 is 0 Å². The van der Waals surface area contributed by atoms with Crippen LogP contribution in [0.4, 0.5) is 0 Å². The van der Waals surface area contributed by atoms with E-state index in [0.717, 1.165) is 17.4 Å². The highest BCUT2D eigenvalue weighted by Crippen LogP contribution is 2.41. The van der Waals surface area contributed by atoms with Crippen molar-refractivity contribution in [2.24, 2.45) is 0 Å². The van der Waals surface area contributed by atoms with Gasteiger partial charge in [-0.05, 0) is 54.9 Å². The van der Waals surface area contributed by atoms with Gasteiger partial charge in [0.1, 0.15) is 0 Å². The summed E-state index contributed by atoms with van der Waals surface area (Å²) in [6, 6.07) is 6.53. The van der Waals surface area contributed by atoms with Crippen molar-refractivity contribution in [2.75, 3.05) is 0 Å². The van der Waals surface area contributed by atoms with Gasteiger partial charge in [0.2, 0.25) is 0 Å². The number of allylic oxidation sites excluding steroid dienone is 2. The summed E-state index contributed by atoms with van der Waals surface area (Å²) < 4.78 is 0. The van der Waals surface area contributed by atoms with E-state index in [1.807, 2.05) is 0 Å². The molecule has 0 radical (unpaired) electrons. The topological polar surface area (TPSA) is 0 Å². The Morgan fingerprint density at radius 2 is 2.20 bits per heavy atom. The summed E-state index contributed by atoms with van der Waals surface area (Å²) in [7, 11) is 0. The van der Waals surface area contributed by atoms with E-state index >= 15 is 0 Å². The predicted molar refractivity (Wildman–Crippen MR) is 67.4 cm³/mol. The van der Waals surface area contributed by atoms with E-state index in [2.05, 4.69) is 38.1 Å². The maximum Gasteiger partial charge on any atom is 0.0483 e. The van der Waals surface area contributed by atoms with Gasteiger partial charge in [-0.2, -0.15) is 0 Å². The second kappa shape index (κ2) is 4.40. The third-order valence-corrected chi connectivity index (χ3v) is 3.29. The summed E-state index contributed by atoms with van der Waals surface area (Å²) in [5.41, 5.74) is 3.88. The van der Waals surface area contributed by atoms with Crippen LogP contribution in [-0.2, 0) is 0 Å². The fraction of sp³-hybridized carbons (Fsp3) is 0.429. The van der Waals surface area contributed by atoms with Gasteiger partial charge in [0, 0.05) is 5.02 Å². The molecule has 0 atom stereocenters. The normalized spacial score (nSPS) is 16.9. The van der Waals surface area contributed by atoms with Crippen LogP contribution in [0.3, 0.4) is 0 Å². The number of benzene rings is 1. The van der Waals surface area contributed by atoms with E-state index in [4.69, 9.17) is 11.6 Å². The third kappa shape index (κ3) is 2.43. The molecular formula is C14H17Cl. The quantitative estimate of drug-likeness (QED) is 0.670. The molecule has 0 aromatic heterocycles. The summed E-state index contributed by atoms with van der Waals surface area (Å²) in [4.78, 5) is 0. The molecule has 0 N–H and O–H groups in total. The van der Waals surface area contributed by atoms with Gasteiger partial charge in [0.05, 0.1) is 0 Å². The SMILES string of the molecule is CC/C=C(/C)c1ccc(C2CC2)cc1Cl. The van der Waals surface area contributed by atoms with E-state index in [-0.39, 0.29) is 0 Å². The molecule has 1 aromatic carbocycles. The van der Waals surface area contributed by atoms with Crippen molar-refractivity contribution in [1.29, 1.82) is 0 Å². The van der Waals surface area contributed by atoms with E-state index in [0.29, 0.717) is 0 Å². The second-order valence-corrected chi connectivity index (χ2v) is 4.72. The van der Waals surface area contributed by atoms with E-state index in [9.17, 15) is 0 Å². The molecule has 15 heavy (non-hydrogen) atoms. The molecule has 1 saturated carbocycles. The molecule has 0 spiro atoms. The zero-order chi connectivity index (χ0) is 10.8. The van der Waals surface area contributed by atoms with Gasteiger partial charge in [0.25, 0.3) is 0 Å². The molecule has 2 rings (SSSR count). The molecular weight excluding hydrogens is 204 g/mol. The first-order chi connectivity index (χ1) is 7.22. The van der Waals surface area contributed by atoms with Crippen LogP contribution in [0.15, 0.2) is 24.3 Å². The lowest BCUT2D eigenvalue weighted by atomic mass is 10.0. The van der Waals surface area contributed by atoms with Gasteiger partial charge in [-0.1, -0.05) is 36.7 Å². The van der Waals surface area contributed by atoms with Crippen LogP contribution in [0, 0.1) is 0 Å². The summed E-state index contributed by atoms with van der Waals surface area (Å²) in [5.74, 6) is 0.784. The smallest absolute Gasteiger partial charge is 0.0483 e. The van der Waals surface area contributed by atoms with Crippen LogP contribution >= 0.6 is 11.6 Å². The Hall–Kier alpha value is -0.750. The Morgan fingerprint density at radius 3 is 2.73 bits per heavy atom. The van der Waals surface area contributed by atoms with Gasteiger partial charge in [0.15, 0.2) is 0 Å². The molecule has 1 aliphatic rings. The first-order valence-corrected chi connectivity index (χ1v) is 6.06. The lowest BCUT2D eigenvalue weighted by Crippen LogP contribution is -1.85. The number of halogens is 1. The Balaban J connectivity index is 2.29. The van der Waals surface area contributed by atoms with Crippen LogP contribution < -0.4 is 0 Å². The van der Waals surface area contributed by atoms with Crippen LogP contribution in [0.25, 0.3) is 5.57 Å². The van der Waals surface area contributed by atoms with Gasteiger partial charge in [-0.15, -0.1) is 0 Å². The zero-order valence-corrected chi connectivity index (χ0v) is 10.1. The van der Waals surface area contributed by atoms with Crippen LogP contribution in [-0.4, -0.2) is 0 Å². The van der Waals surface area contributed by atoms with Gasteiger partial charge < -0.3 is 0 Å². The first-order valence-electron chi connectivity index (χ1n) is 5.69. The van der Waals surface area contributed by atoms with Crippen molar-refractivity contribution in [1.82, 2.24) is 0 Å². The minimum absolute atomic E-state index is 0.784. The number of hydrogen-bond acceptors (Lipinski definition) is 0. The highest BCUT2D eigenvalue weighted by Gasteiger charge is 2.23. The molecule has 0 nitrogen and oxygen atoms in total. The minimum atomic E-state index is 0.784. The highest BCUT2D eigenvalue weighted by molar-refractivity contribution is 6.32. The van der Waals surface area contributed by atoms with E-state index in [1.54, 1.807) is 0 Å². The Morgan fingerprint density at radius 1 is 1.47 bits per heavy atom. The zero-order valence-electron chi connectivity index (χ0n) is 9.39. The molecule has 0 bridgehead atoms. The first kappa shape index (κ1) is 10.8. The molecule has 1 aromatic rings. The maximum absolute atomic E-state index is 6.29. The highest BCUT2D eigenvalue weighted by atomic mass is 35.5. The van der Waals surface area contributed by atoms with Crippen molar-refractivity contribution in [3.05, 3.63) is 40.4 Å². The second-order valence-electron chi connectivity index (χ2n) is 4.31. The molecule has 0 heterocycles. The average molecular weight is 221 g/mol. The average Bonchev–Trinajstić information content (AvgIpc) is 3.01. The molecule has 1 fully saturated rings. The molecule has 0 saturated heterocycles. The van der Waals surface area contributed by atoms with Crippen molar-refractivity contribution in [3.8, 4) is 0 Å². The van der Waals surface area contributed by atoms with Gasteiger partial charge in [-0.3, -0.25) is 0 Å². The molecule has 0 amide bonds. The minimum Gasteiger partial charge on any atom is -0.0837 e. The van der Waals surface area contributed by atoms with Crippen molar-refractivity contribution < 1.29 is 0 Å². The summed E-state index contributed by atoms with van der Waals surface area (Å²) in [5, 5.41) is 0.904. The Kier molecular flexibility index (Phi) is 3.16. The monoisotopic (exact) mass is 220 g/mol. The molecule has 1 heteroatoms. The fourth-order valence-corrected chi connectivity index (χ4v) is 2.28. The third-order valence-electron chi connectivity index (χ3n) is 2.98. The fourth-order valence-electron chi connectivity index (χ4n) is 1.94. The lowest BCUT2D eigenvalue weighted by Gasteiger charge is -2.07. The summed E-state index contributed by atoms with van der Waals surface area (Å²) in [6.07, 6.45) is 5.95. The molecule has 1 aliphatic carbocycles. The van der Waals surface area contributed by atoms with Gasteiger partial charge in [-0.25, -0.2) is 0 Å². The van der Waals surface area contributed by atoms with Crippen molar-refractivity contribution in [2.45, 2.75) is 39.0 Å².